The molecule has 0 spiro atoms. The molecule has 4 aromatic rings. The van der Waals surface area contributed by atoms with Crippen LogP contribution in [0.3, 0.4) is 0 Å². The Balaban J connectivity index is 1.79. The van der Waals surface area contributed by atoms with Crippen LogP contribution < -0.4 is 14.4 Å². The number of hydrogen-bond donors (Lipinski definition) is 1. The Bertz CT molecular complexity index is 1640. The van der Waals surface area contributed by atoms with Crippen molar-refractivity contribution < 1.29 is 22.7 Å². The molecule has 0 saturated heterocycles. The minimum absolute atomic E-state index is 0.0620. The van der Waals surface area contributed by atoms with E-state index >= 15 is 0 Å². The normalized spacial score (nSPS) is 11.9. The number of anilines is 1. The maximum atomic E-state index is 14.4. The first kappa shape index (κ1) is 32.3. The average molecular weight is 614 g/mol. The highest BCUT2D eigenvalue weighted by molar-refractivity contribution is 7.92. The van der Waals surface area contributed by atoms with Crippen LogP contribution in [-0.4, -0.2) is 51.9 Å². The van der Waals surface area contributed by atoms with Crippen LogP contribution in [0.2, 0.25) is 0 Å². The number of hydrogen-bond acceptors (Lipinski definition) is 5. The summed E-state index contributed by atoms with van der Waals surface area (Å²) in [7, 11) is -1.06. The van der Waals surface area contributed by atoms with Gasteiger partial charge in [-0.3, -0.25) is 13.9 Å². The quantitative estimate of drug-likeness (QED) is 0.218. The van der Waals surface area contributed by atoms with Crippen LogP contribution in [0.15, 0.2) is 114 Å². The summed E-state index contributed by atoms with van der Waals surface area (Å²) in [6, 6.07) is 31.0. The Labute approximate surface area is 260 Å². The lowest BCUT2D eigenvalue weighted by molar-refractivity contribution is -0.139. The molecular weight excluding hydrogens is 574 g/mol. The van der Waals surface area contributed by atoms with Gasteiger partial charge in [0, 0.05) is 20.0 Å². The highest BCUT2D eigenvalue weighted by atomic mass is 32.2. The van der Waals surface area contributed by atoms with E-state index in [0.29, 0.717) is 11.4 Å². The molecule has 0 radical (unpaired) electrons. The van der Waals surface area contributed by atoms with Gasteiger partial charge in [-0.15, -0.1) is 0 Å². The van der Waals surface area contributed by atoms with Crippen molar-refractivity contribution in [2.45, 2.75) is 43.7 Å². The van der Waals surface area contributed by atoms with E-state index in [9.17, 15) is 18.0 Å². The van der Waals surface area contributed by atoms with E-state index in [4.69, 9.17) is 4.74 Å². The van der Waals surface area contributed by atoms with Crippen LogP contribution in [0.4, 0.5) is 5.69 Å². The molecule has 230 valence electrons. The Morgan fingerprint density at radius 1 is 0.818 bits per heavy atom. The first-order valence-electron chi connectivity index (χ1n) is 14.5. The molecule has 0 unspecified atom stereocenters. The number of rotatable bonds is 13. The van der Waals surface area contributed by atoms with Gasteiger partial charge in [-0.2, -0.15) is 0 Å². The number of carbonyl (C=O) groups excluding carboxylic acids is 2. The lowest BCUT2D eigenvalue weighted by Gasteiger charge is -2.33. The maximum absolute atomic E-state index is 14.4. The first-order valence-corrected chi connectivity index (χ1v) is 15.9. The molecule has 0 heterocycles. The molecule has 0 saturated carbocycles. The van der Waals surface area contributed by atoms with Gasteiger partial charge in [-0.25, -0.2) is 8.42 Å². The van der Waals surface area contributed by atoms with Gasteiger partial charge in [0.2, 0.25) is 11.8 Å². The first-order chi connectivity index (χ1) is 21.1. The van der Waals surface area contributed by atoms with Crippen LogP contribution in [0, 0.1) is 0 Å². The molecule has 0 aliphatic carbocycles. The molecule has 9 heteroatoms. The van der Waals surface area contributed by atoms with E-state index in [0.717, 1.165) is 21.0 Å². The number of benzene rings is 4. The molecule has 4 rings (SSSR count). The second-order valence-electron chi connectivity index (χ2n) is 10.8. The largest absolute Gasteiger partial charge is 0.497 e. The van der Waals surface area contributed by atoms with Gasteiger partial charge in [-0.05, 0) is 59.0 Å². The third kappa shape index (κ3) is 7.85. The summed E-state index contributed by atoms with van der Waals surface area (Å²) >= 11 is 0. The monoisotopic (exact) mass is 613 g/mol. The van der Waals surface area contributed by atoms with Crippen LogP contribution in [0.5, 0.6) is 5.75 Å². The van der Waals surface area contributed by atoms with E-state index in [-0.39, 0.29) is 29.7 Å². The van der Waals surface area contributed by atoms with Gasteiger partial charge in [0.1, 0.15) is 18.3 Å². The van der Waals surface area contributed by atoms with Crippen LogP contribution in [0.25, 0.3) is 0 Å². The van der Waals surface area contributed by atoms with Gasteiger partial charge in [-0.1, -0.05) is 86.6 Å². The van der Waals surface area contributed by atoms with Crippen LogP contribution in [0.1, 0.15) is 36.5 Å². The van der Waals surface area contributed by atoms with Gasteiger partial charge in [0.25, 0.3) is 10.0 Å². The standard InChI is InChI=1S/C35H39N3O5S/c1-26(2)29-18-20-30(21-19-29)38(44(41,42)32-16-9-6-10-17-32)25-34(39)37(24-28-14-11-15-31(22-28)43-4)33(35(40)36-3)23-27-12-7-5-8-13-27/h5-22,26,33H,23-25H2,1-4H3,(H,36,40)/t33-/m0/s1. The number of methoxy groups -OCH3 is 1. The molecule has 8 nitrogen and oxygen atoms in total. The van der Waals surface area contributed by atoms with E-state index in [2.05, 4.69) is 19.2 Å². The van der Waals surface area contributed by atoms with Crippen molar-refractivity contribution in [2.75, 3.05) is 25.0 Å². The van der Waals surface area contributed by atoms with Crippen LogP contribution >= 0.6 is 0 Å². The topological polar surface area (TPSA) is 96.0 Å². The van der Waals surface area contributed by atoms with Crippen molar-refractivity contribution in [1.29, 1.82) is 0 Å². The molecule has 1 N–H and O–H groups in total. The fourth-order valence-electron chi connectivity index (χ4n) is 4.96. The zero-order chi connectivity index (χ0) is 31.7. The van der Waals surface area contributed by atoms with Crippen LogP contribution in [-0.2, 0) is 32.6 Å². The van der Waals surface area contributed by atoms with Crippen molar-refractivity contribution in [3.05, 3.63) is 126 Å². The van der Waals surface area contributed by atoms with E-state index in [1.165, 1.54) is 24.1 Å². The summed E-state index contributed by atoms with van der Waals surface area (Å²) in [5.74, 6) is -0.0314. The average Bonchev–Trinajstić information content (AvgIpc) is 3.05. The van der Waals surface area contributed by atoms with Gasteiger partial charge in [0.15, 0.2) is 0 Å². The fourth-order valence-corrected chi connectivity index (χ4v) is 6.40. The zero-order valence-corrected chi connectivity index (χ0v) is 26.3. The summed E-state index contributed by atoms with van der Waals surface area (Å²) in [5.41, 5.74) is 2.99. The fraction of sp³-hybridized carbons (Fsp3) is 0.257. The lowest BCUT2D eigenvalue weighted by Crippen LogP contribution is -2.53. The molecule has 4 aromatic carbocycles. The second-order valence-corrected chi connectivity index (χ2v) is 12.6. The number of likely N-dealkylation sites (N-methyl/N-ethyl adjacent to an activating group) is 1. The number of ether oxygens (including phenoxy) is 1. The number of nitrogens with one attached hydrogen (secondary N) is 1. The lowest BCUT2D eigenvalue weighted by atomic mass is 10.0. The summed E-state index contributed by atoms with van der Waals surface area (Å²) < 4.78 is 34.6. The summed E-state index contributed by atoms with van der Waals surface area (Å²) in [4.78, 5) is 29.3. The van der Waals surface area contributed by atoms with Crippen molar-refractivity contribution in [3.63, 3.8) is 0 Å². The van der Waals surface area contributed by atoms with Crippen molar-refractivity contribution >= 4 is 27.5 Å². The zero-order valence-electron chi connectivity index (χ0n) is 25.5. The van der Waals surface area contributed by atoms with Crippen molar-refractivity contribution in [3.8, 4) is 5.75 Å². The molecule has 2 amide bonds. The third-order valence-corrected chi connectivity index (χ3v) is 9.25. The van der Waals surface area contributed by atoms with Crippen molar-refractivity contribution in [1.82, 2.24) is 10.2 Å². The molecule has 0 aromatic heterocycles. The molecule has 1 atom stereocenters. The second kappa shape index (κ2) is 14.7. The smallest absolute Gasteiger partial charge is 0.264 e. The number of sulfonamides is 1. The molecule has 0 fully saturated rings. The SMILES string of the molecule is CNC(=O)[C@H](Cc1ccccc1)N(Cc1cccc(OC)c1)C(=O)CN(c1ccc(C(C)C)cc1)S(=O)(=O)c1ccccc1. The Morgan fingerprint density at radius 3 is 2.02 bits per heavy atom. The highest BCUT2D eigenvalue weighted by Gasteiger charge is 2.34. The van der Waals surface area contributed by atoms with Gasteiger partial charge in [0.05, 0.1) is 17.7 Å². The van der Waals surface area contributed by atoms with E-state index < -0.39 is 28.5 Å². The summed E-state index contributed by atoms with van der Waals surface area (Å²) in [6.07, 6.45) is 0.241. The molecule has 0 aliphatic heterocycles. The summed E-state index contributed by atoms with van der Waals surface area (Å²) in [5, 5.41) is 2.70. The minimum Gasteiger partial charge on any atom is -0.497 e. The predicted octanol–water partition coefficient (Wildman–Crippen LogP) is 5.40. The maximum Gasteiger partial charge on any atom is 0.264 e. The number of amides is 2. The van der Waals surface area contributed by atoms with Gasteiger partial charge < -0.3 is 15.0 Å². The Kier molecular flexibility index (Phi) is 10.8. The number of nitrogens with zero attached hydrogens (tertiary/aromatic N) is 2. The predicted molar refractivity (Wildman–Crippen MR) is 173 cm³/mol. The number of carbonyl (C=O) groups is 2. The molecule has 0 bridgehead atoms. The highest BCUT2D eigenvalue weighted by Crippen LogP contribution is 2.27. The van der Waals surface area contributed by atoms with Crippen molar-refractivity contribution in [2.24, 2.45) is 0 Å². The Hall–Kier alpha value is -4.63. The third-order valence-electron chi connectivity index (χ3n) is 7.46. The summed E-state index contributed by atoms with van der Waals surface area (Å²) in [6.45, 7) is 3.66. The minimum atomic E-state index is -4.14. The molecular formula is C35H39N3O5S. The molecule has 44 heavy (non-hydrogen) atoms. The van der Waals surface area contributed by atoms with Gasteiger partial charge >= 0.3 is 0 Å². The Morgan fingerprint density at radius 2 is 1.43 bits per heavy atom. The van der Waals surface area contributed by atoms with E-state index in [1.54, 1.807) is 49.6 Å². The van der Waals surface area contributed by atoms with E-state index in [1.807, 2.05) is 54.6 Å². The molecule has 0 aliphatic rings.